The van der Waals surface area contributed by atoms with Gasteiger partial charge in [0, 0.05) is 4.88 Å². The fourth-order valence-electron chi connectivity index (χ4n) is 4.20. The van der Waals surface area contributed by atoms with Gasteiger partial charge < -0.3 is 19.8 Å². The molecule has 0 bridgehead atoms. The number of aliphatic hydroxyl groups excluding tert-OH is 1. The predicted molar refractivity (Wildman–Crippen MR) is 123 cm³/mol. The zero-order valence-corrected chi connectivity index (χ0v) is 18.8. The molecule has 4 rings (SSSR count). The second kappa shape index (κ2) is 8.51. The SMILES string of the molecule is COc1c(C)cc(C)cc1/C(O)=C1\C(=O)C(=O)N(Cc2cccs2)C1c1cccc(O)c1. The van der Waals surface area contributed by atoms with Gasteiger partial charge in [0.2, 0.25) is 0 Å². The number of phenolic OH excluding ortho intramolecular Hbond substituents is 1. The summed E-state index contributed by atoms with van der Waals surface area (Å²) < 4.78 is 5.50. The standard InChI is InChI=1S/C25H23NO5S/c1-14-10-15(2)24(31-3)19(11-14)22(28)20-21(16-6-4-7-17(27)12-16)26(25(30)23(20)29)13-18-8-5-9-32-18/h4-12,21,27-28H,13H2,1-3H3/b22-20+. The number of aromatic hydroxyl groups is 1. The van der Waals surface area contributed by atoms with E-state index in [0.29, 0.717) is 16.9 Å². The van der Waals surface area contributed by atoms with Crippen LogP contribution >= 0.6 is 11.3 Å². The lowest BCUT2D eigenvalue weighted by molar-refractivity contribution is -0.140. The predicted octanol–water partition coefficient (Wildman–Crippen LogP) is 4.70. The lowest BCUT2D eigenvalue weighted by Gasteiger charge is -2.25. The van der Waals surface area contributed by atoms with Crippen LogP contribution in [-0.2, 0) is 16.1 Å². The third-order valence-corrected chi connectivity index (χ3v) is 6.37. The van der Waals surface area contributed by atoms with Crippen LogP contribution in [0.2, 0.25) is 0 Å². The van der Waals surface area contributed by atoms with E-state index in [1.807, 2.05) is 37.4 Å². The smallest absolute Gasteiger partial charge is 0.295 e. The molecule has 2 N–H and O–H groups in total. The number of aliphatic hydroxyl groups is 1. The van der Waals surface area contributed by atoms with Crippen LogP contribution in [0.4, 0.5) is 0 Å². The number of carbonyl (C=O) groups is 2. The second-order valence-electron chi connectivity index (χ2n) is 7.76. The van der Waals surface area contributed by atoms with Crippen molar-refractivity contribution in [3.63, 3.8) is 0 Å². The number of amides is 1. The topological polar surface area (TPSA) is 87.1 Å². The third-order valence-electron chi connectivity index (χ3n) is 5.51. The summed E-state index contributed by atoms with van der Waals surface area (Å²) in [5.74, 6) is -1.32. The summed E-state index contributed by atoms with van der Waals surface area (Å²) in [5.41, 5.74) is 2.54. The van der Waals surface area contributed by atoms with E-state index in [-0.39, 0.29) is 23.6 Å². The minimum Gasteiger partial charge on any atom is -0.508 e. The molecular weight excluding hydrogens is 426 g/mol. The van der Waals surface area contributed by atoms with Crippen LogP contribution in [0, 0.1) is 13.8 Å². The first kappa shape index (κ1) is 21.6. The van der Waals surface area contributed by atoms with Gasteiger partial charge in [-0.25, -0.2) is 0 Å². The molecule has 164 valence electrons. The highest BCUT2D eigenvalue weighted by Crippen LogP contribution is 2.43. The van der Waals surface area contributed by atoms with E-state index in [0.717, 1.165) is 16.0 Å². The average molecular weight is 450 g/mol. The summed E-state index contributed by atoms with van der Waals surface area (Å²) in [6.07, 6.45) is 0. The van der Waals surface area contributed by atoms with Crippen molar-refractivity contribution in [1.82, 2.24) is 4.90 Å². The van der Waals surface area contributed by atoms with E-state index in [1.54, 1.807) is 18.2 Å². The van der Waals surface area contributed by atoms with Crippen molar-refractivity contribution in [3.8, 4) is 11.5 Å². The van der Waals surface area contributed by atoms with Crippen molar-refractivity contribution in [1.29, 1.82) is 0 Å². The molecule has 32 heavy (non-hydrogen) atoms. The fraction of sp³-hybridized carbons (Fsp3) is 0.200. The van der Waals surface area contributed by atoms with Crippen molar-refractivity contribution in [2.75, 3.05) is 7.11 Å². The first-order valence-electron chi connectivity index (χ1n) is 10.1. The number of benzene rings is 2. The Morgan fingerprint density at radius 2 is 1.91 bits per heavy atom. The van der Waals surface area contributed by atoms with E-state index in [4.69, 9.17) is 4.74 Å². The van der Waals surface area contributed by atoms with Gasteiger partial charge in [-0.3, -0.25) is 9.59 Å². The molecule has 6 nitrogen and oxygen atoms in total. The number of hydrogen-bond acceptors (Lipinski definition) is 6. The lowest BCUT2D eigenvalue weighted by Crippen LogP contribution is -2.28. The molecule has 1 aliphatic rings. The molecule has 1 unspecified atom stereocenters. The first-order chi connectivity index (χ1) is 15.3. The van der Waals surface area contributed by atoms with Gasteiger partial charge in [-0.2, -0.15) is 0 Å². The number of nitrogens with zero attached hydrogens (tertiary/aromatic N) is 1. The second-order valence-corrected chi connectivity index (χ2v) is 8.80. The van der Waals surface area contributed by atoms with E-state index in [2.05, 4.69) is 0 Å². The Kier molecular flexibility index (Phi) is 5.76. The lowest BCUT2D eigenvalue weighted by atomic mass is 9.93. The van der Waals surface area contributed by atoms with Crippen LogP contribution in [0.1, 0.15) is 33.2 Å². The van der Waals surface area contributed by atoms with Crippen molar-refractivity contribution >= 4 is 28.8 Å². The summed E-state index contributed by atoms with van der Waals surface area (Å²) in [5, 5.41) is 23.3. The Bertz CT molecular complexity index is 1230. The van der Waals surface area contributed by atoms with Crippen LogP contribution < -0.4 is 4.74 Å². The van der Waals surface area contributed by atoms with Gasteiger partial charge in [-0.15, -0.1) is 11.3 Å². The molecule has 1 atom stereocenters. The van der Waals surface area contributed by atoms with Crippen LogP contribution in [0.15, 0.2) is 59.5 Å². The Morgan fingerprint density at radius 3 is 2.56 bits per heavy atom. The molecule has 1 saturated heterocycles. The molecule has 0 radical (unpaired) electrons. The number of aryl methyl sites for hydroxylation is 2. The molecule has 1 fully saturated rings. The zero-order chi connectivity index (χ0) is 23.0. The number of thiophene rings is 1. The number of ketones is 1. The van der Waals surface area contributed by atoms with E-state index >= 15 is 0 Å². The summed E-state index contributed by atoms with van der Waals surface area (Å²) in [6.45, 7) is 3.94. The van der Waals surface area contributed by atoms with Crippen molar-refractivity contribution in [2.24, 2.45) is 0 Å². The minimum absolute atomic E-state index is 0.00759. The van der Waals surface area contributed by atoms with E-state index in [9.17, 15) is 19.8 Å². The average Bonchev–Trinajstić information content (AvgIpc) is 3.35. The number of ether oxygens (including phenoxy) is 1. The summed E-state index contributed by atoms with van der Waals surface area (Å²) >= 11 is 1.48. The highest BCUT2D eigenvalue weighted by Gasteiger charge is 2.46. The number of methoxy groups -OCH3 is 1. The Labute approximate surface area is 190 Å². The number of Topliss-reactive ketones (excluding diaryl/α,β-unsaturated/α-hetero) is 1. The molecule has 2 aromatic carbocycles. The molecule has 1 aliphatic heterocycles. The number of likely N-dealkylation sites (tertiary alicyclic amines) is 1. The maximum Gasteiger partial charge on any atom is 0.295 e. The molecule has 0 aliphatic carbocycles. The monoisotopic (exact) mass is 449 g/mol. The fourth-order valence-corrected chi connectivity index (χ4v) is 4.90. The Balaban J connectivity index is 1.95. The Hall–Kier alpha value is -3.58. The van der Waals surface area contributed by atoms with Crippen LogP contribution in [-0.4, -0.2) is 33.9 Å². The van der Waals surface area contributed by atoms with Gasteiger partial charge in [-0.05, 0) is 60.2 Å². The van der Waals surface area contributed by atoms with Gasteiger partial charge >= 0.3 is 0 Å². The normalized spacial score (nSPS) is 17.7. The van der Waals surface area contributed by atoms with Crippen LogP contribution in [0.3, 0.4) is 0 Å². The molecule has 1 amide bonds. The maximum atomic E-state index is 13.2. The molecular formula is C25H23NO5S. The van der Waals surface area contributed by atoms with Gasteiger partial charge in [-0.1, -0.05) is 24.3 Å². The highest BCUT2D eigenvalue weighted by atomic mass is 32.1. The van der Waals surface area contributed by atoms with E-state index < -0.39 is 17.7 Å². The van der Waals surface area contributed by atoms with Crippen molar-refractivity contribution in [3.05, 3.63) is 86.6 Å². The van der Waals surface area contributed by atoms with Crippen LogP contribution in [0.5, 0.6) is 11.5 Å². The minimum atomic E-state index is -0.852. The van der Waals surface area contributed by atoms with Crippen LogP contribution in [0.25, 0.3) is 5.76 Å². The molecule has 0 saturated carbocycles. The van der Waals surface area contributed by atoms with Gasteiger partial charge in [0.15, 0.2) is 0 Å². The van der Waals surface area contributed by atoms with E-state index in [1.165, 1.54) is 35.5 Å². The highest BCUT2D eigenvalue weighted by molar-refractivity contribution is 7.09. The van der Waals surface area contributed by atoms with Gasteiger partial charge in [0.25, 0.3) is 11.7 Å². The molecule has 2 heterocycles. The Morgan fingerprint density at radius 1 is 1.12 bits per heavy atom. The zero-order valence-electron chi connectivity index (χ0n) is 18.0. The number of hydrogen-bond donors (Lipinski definition) is 2. The maximum absolute atomic E-state index is 13.2. The number of phenols is 1. The molecule has 0 spiro atoms. The molecule has 1 aromatic heterocycles. The number of rotatable bonds is 5. The summed E-state index contributed by atoms with van der Waals surface area (Å²) in [6, 6.07) is 12.9. The first-order valence-corrected chi connectivity index (χ1v) is 10.9. The van der Waals surface area contributed by atoms with Gasteiger partial charge in [0.05, 0.1) is 30.8 Å². The van der Waals surface area contributed by atoms with Gasteiger partial charge in [0.1, 0.15) is 17.3 Å². The summed E-state index contributed by atoms with van der Waals surface area (Å²) in [4.78, 5) is 28.6. The molecule has 3 aromatic rings. The van der Waals surface area contributed by atoms with Crippen molar-refractivity contribution < 1.29 is 24.5 Å². The third kappa shape index (κ3) is 3.76. The quantitative estimate of drug-likeness (QED) is 0.335. The number of carbonyl (C=O) groups excluding carboxylic acids is 2. The van der Waals surface area contributed by atoms with Crippen molar-refractivity contribution in [2.45, 2.75) is 26.4 Å². The largest absolute Gasteiger partial charge is 0.508 e. The summed E-state index contributed by atoms with van der Waals surface area (Å²) in [7, 11) is 1.50. The molecule has 7 heteroatoms.